The Hall–Kier alpha value is -2.28. The Morgan fingerprint density at radius 3 is 2.24 bits per heavy atom. The third-order valence-electron chi connectivity index (χ3n) is 4.66. The number of benzene rings is 1. The van der Waals surface area contributed by atoms with Crippen LogP contribution >= 0.6 is 0 Å². The number of ether oxygens (including phenoxy) is 1. The van der Waals surface area contributed by atoms with Crippen LogP contribution in [0, 0.1) is 5.92 Å². The summed E-state index contributed by atoms with van der Waals surface area (Å²) < 4.78 is 4.89. The molecule has 0 saturated heterocycles. The topological polar surface area (TPSA) is 73.9 Å². The molecule has 0 spiro atoms. The van der Waals surface area contributed by atoms with Crippen LogP contribution < -0.4 is 15.5 Å². The third kappa shape index (κ3) is 7.93. The largest absolute Gasteiger partial charge is 0.377 e. The van der Waals surface area contributed by atoms with Crippen LogP contribution in [0.4, 0.5) is 16.2 Å². The summed E-state index contributed by atoms with van der Waals surface area (Å²) in [4.78, 5) is 28.8. The van der Waals surface area contributed by atoms with Crippen LogP contribution in [0.3, 0.4) is 0 Å². The Kier molecular flexibility index (Phi) is 8.95. The summed E-state index contributed by atoms with van der Waals surface area (Å²) >= 11 is 0. The molecule has 0 fully saturated rings. The van der Waals surface area contributed by atoms with Crippen LogP contribution in [0.2, 0.25) is 0 Å². The molecule has 7 nitrogen and oxygen atoms in total. The van der Waals surface area contributed by atoms with Gasteiger partial charge in [0, 0.05) is 50.7 Å². The number of nitrogens with zero attached hydrogens (tertiary/aromatic N) is 2. The lowest BCUT2D eigenvalue weighted by Crippen LogP contribution is -2.52. The Labute approximate surface area is 175 Å². The molecule has 0 aliphatic heterocycles. The van der Waals surface area contributed by atoms with Crippen LogP contribution in [-0.4, -0.2) is 56.2 Å². The number of hydrogen-bond donors (Lipinski definition) is 2. The molecule has 1 aromatic carbocycles. The number of urea groups is 1. The second-order valence-electron chi connectivity index (χ2n) is 9.01. The van der Waals surface area contributed by atoms with Gasteiger partial charge >= 0.3 is 6.03 Å². The zero-order valence-corrected chi connectivity index (χ0v) is 19.4. The second kappa shape index (κ2) is 10.5. The van der Waals surface area contributed by atoms with Gasteiger partial charge in [-0.05, 0) is 57.4 Å². The lowest BCUT2D eigenvalue weighted by atomic mass is 10.0. The normalized spacial score (nSPS) is 12.5. The fourth-order valence-electron chi connectivity index (χ4n) is 2.89. The number of carbonyl (C=O) groups is 2. The molecule has 3 amide bonds. The molecule has 164 valence electrons. The molecule has 0 bridgehead atoms. The van der Waals surface area contributed by atoms with E-state index < -0.39 is 0 Å². The SMILES string of the molecule is COCC(=O)Nc1ccc(N(C)C)c(CN(C(=O)NC(C)(C)C)[C@@H](C)C(C)C)c1. The Balaban J connectivity index is 3.26. The third-order valence-corrected chi connectivity index (χ3v) is 4.66. The lowest BCUT2D eigenvalue weighted by Gasteiger charge is -2.35. The van der Waals surface area contributed by atoms with E-state index in [1.165, 1.54) is 7.11 Å². The first-order chi connectivity index (χ1) is 13.4. The minimum absolute atomic E-state index is 0.00470. The molecule has 0 aliphatic rings. The fourth-order valence-corrected chi connectivity index (χ4v) is 2.89. The molecule has 0 radical (unpaired) electrons. The highest BCUT2D eigenvalue weighted by Crippen LogP contribution is 2.26. The average molecular weight is 407 g/mol. The standard InChI is InChI=1S/C22H38N4O3/c1-15(2)16(3)26(21(28)24-22(4,5)6)13-17-12-18(23-20(27)14-29-9)10-11-19(17)25(7)8/h10-12,15-16H,13-14H2,1-9H3,(H,23,27)(H,24,28)/t16-/m0/s1. The maximum absolute atomic E-state index is 13.1. The van der Waals surface area contributed by atoms with Crippen molar-refractivity contribution >= 4 is 23.3 Å². The summed E-state index contributed by atoms with van der Waals surface area (Å²) in [6.45, 7) is 12.6. The van der Waals surface area contributed by atoms with Gasteiger partial charge in [0.1, 0.15) is 6.61 Å². The van der Waals surface area contributed by atoms with Gasteiger partial charge in [-0.25, -0.2) is 4.79 Å². The Bertz CT molecular complexity index is 696. The molecule has 0 heterocycles. The molecule has 0 saturated carbocycles. The summed E-state index contributed by atoms with van der Waals surface area (Å²) in [5.41, 5.74) is 2.31. The van der Waals surface area contributed by atoms with Crippen molar-refractivity contribution < 1.29 is 14.3 Å². The number of carbonyl (C=O) groups excluding carboxylic acids is 2. The van der Waals surface area contributed by atoms with Gasteiger partial charge in [-0.2, -0.15) is 0 Å². The molecular formula is C22H38N4O3. The minimum Gasteiger partial charge on any atom is -0.377 e. The van der Waals surface area contributed by atoms with Crippen LogP contribution in [0.5, 0.6) is 0 Å². The number of methoxy groups -OCH3 is 1. The molecule has 7 heteroatoms. The van der Waals surface area contributed by atoms with E-state index in [1.807, 2.05) is 62.9 Å². The monoisotopic (exact) mass is 406 g/mol. The van der Waals surface area contributed by atoms with E-state index in [0.717, 1.165) is 11.3 Å². The molecule has 1 atom stereocenters. The van der Waals surface area contributed by atoms with Gasteiger partial charge in [0.25, 0.3) is 0 Å². The summed E-state index contributed by atoms with van der Waals surface area (Å²) in [5.74, 6) is 0.0852. The van der Waals surface area contributed by atoms with Crippen molar-refractivity contribution in [1.29, 1.82) is 0 Å². The highest BCUT2D eigenvalue weighted by atomic mass is 16.5. The Morgan fingerprint density at radius 2 is 1.76 bits per heavy atom. The van der Waals surface area contributed by atoms with Gasteiger partial charge in [0.2, 0.25) is 5.91 Å². The first kappa shape index (κ1) is 24.8. The van der Waals surface area contributed by atoms with Crippen molar-refractivity contribution in [2.45, 2.75) is 59.7 Å². The van der Waals surface area contributed by atoms with Gasteiger partial charge in [-0.15, -0.1) is 0 Å². The molecule has 1 aromatic rings. The molecular weight excluding hydrogens is 368 g/mol. The van der Waals surface area contributed by atoms with Crippen molar-refractivity contribution in [2.75, 3.05) is 38.0 Å². The van der Waals surface area contributed by atoms with E-state index in [9.17, 15) is 9.59 Å². The maximum atomic E-state index is 13.1. The van der Waals surface area contributed by atoms with Crippen molar-refractivity contribution in [3.05, 3.63) is 23.8 Å². The van der Waals surface area contributed by atoms with E-state index in [2.05, 4.69) is 31.4 Å². The van der Waals surface area contributed by atoms with Crippen molar-refractivity contribution in [1.82, 2.24) is 10.2 Å². The summed E-state index contributed by atoms with van der Waals surface area (Å²) in [7, 11) is 5.42. The first-order valence-corrected chi connectivity index (χ1v) is 10.0. The van der Waals surface area contributed by atoms with Crippen molar-refractivity contribution in [2.24, 2.45) is 5.92 Å². The van der Waals surface area contributed by atoms with Gasteiger partial charge in [-0.1, -0.05) is 13.8 Å². The van der Waals surface area contributed by atoms with Gasteiger partial charge in [0.15, 0.2) is 0 Å². The van der Waals surface area contributed by atoms with E-state index in [4.69, 9.17) is 4.74 Å². The number of hydrogen-bond acceptors (Lipinski definition) is 4. The lowest BCUT2D eigenvalue weighted by molar-refractivity contribution is -0.119. The predicted octanol–water partition coefficient (Wildman–Crippen LogP) is 3.69. The number of nitrogens with one attached hydrogen (secondary N) is 2. The zero-order chi connectivity index (χ0) is 22.4. The van der Waals surface area contributed by atoms with Crippen LogP contribution in [0.15, 0.2) is 18.2 Å². The maximum Gasteiger partial charge on any atom is 0.318 e. The molecule has 0 aliphatic carbocycles. The van der Waals surface area contributed by atoms with Crippen LogP contribution in [-0.2, 0) is 16.1 Å². The number of amides is 3. The van der Waals surface area contributed by atoms with Crippen LogP contribution in [0.1, 0.15) is 47.1 Å². The molecule has 1 rings (SSSR count). The number of anilines is 2. The summed E-state index contributed by atoms with van der Waals surface area (Å²) in [6, 6.07) is 5.68. The highest BCUT2D eigenvalue weighted by molar-refractivity contribution is 5.92. The minimum atomic E-state index is -0.327. The first-order valence-electron chi connectivity index (χ1n) is 10.0. The Morgan fingerprint density at radius 1 is 1.14 bits per heavy atom. The highest BCUT2D eigenvalue weighted by Gasteiger charge is 2.27. The van der Waals surface area contributed by atoms with Gasteiger partial charge in [0.05, 0.1) is 0 Å². The molecule has 0 unspecified atom stereocenters. The summed E-state index contributed by atoms with van der Waals surface area (Å²) in [5, 5.41) is 5.92. The zero-order valence-electron chi connectivity index (χ0n) is 19.4. The van der Waals surface area contributed by atoms with E-state index >= 15 is 0 Å². The smallest absolute Gasteiger partial charge is 0.318 e. The number of rotatable bonds is 8. The average Bonchev–Trinajstić information content (AvgIpc) is 2.57. The molecule has 29 heavy (non-hydrogen) atoms. The molecule has 2 N–H and O–H groups in total. The van der Waals surface area contributed by atoms with Crippen molar-refractivity contribution in [3.63, 3.8) is 0 Å². The fraction of sp³-hybridized carbons (Fsp3) is 0.636. The van der Waals surface area contributed by atoms with E-state index in [0.29, 0.717) is 18.2 Å². The summed E-state index contributed by atoms with van der Waals surface area (Å²) in [6.07, 6.45) is 0. The van der Waals surface area contributed by atoms with Crippen LogP contribution in [0.25, 0.3) is 0 Å². The van der Waals surface area contributed by atoms with Gasteiger partial charge < -0.3 is 25.2 Å². The van der Waals surface area contributed by atoms with Crippen molar-refractivity contribution in [3.8, 4) is 0 Å². The quantitative estimate of drug-likeness (QED) is 0.690. The second-order valence-corrected chi connectivity index (χ2v) is 9.01. The predicted molar refractivity (Wildman–Crippen MR) is 119 cm³/mol. The van der Waals surface area contributed by atoms with Gasteiger partial charge in [-0.3, -0.25) is 4.79 Å². The molecule has 0 aromatic heterocycles. The van der Waals surface area contributed by atoms with E-state index in [-0.39, 0.29) is 30.1 Å². The van der Waals surface area contributed by atoms with E-state index in [1.54, 1.807) is 0 Å².